The van der Waals surface area contributed by atoms with Gasteiger partial charge in [-0.25, -0.2) is 0 Å². The zero-order valence-corrected chi connectivity index (χ0v) is 11.1. The monoisotopic (exact) mass is 269 g/mol. The summed E-state index contributed by atoms with van der Waals surface area (Å²) < 4.78 is 11.1. The van der Waals surface area contributed by atoms with Gasteiger partial charge in [0.25, 0.3) is 6.01 Å². The van der Waals surface area contributed by atoms with Gasteiger partial charge in [-0.2, -0.15) is 4.98 Å². The maximum absolute atomic E-state index is 5.86. The van der Waals surface area contributed by atoms with Gasteiger partial charge in [-0.3, -0.25) is 0 Å². The Bertz CT molecular complexity index is 737. The average molecular weight is 269 g/mol. The first-order valence-corrected chi connectivity index (χ1v) is 6.41. The Labute approximate surface area is 116 Å². The molecule has 0 fully saturated rings. The molecule has 1 aromatic heterocycles. The lowest BCUT2D eigenvalue weighted by Crippen LogP contribution is -1.94. The van der Waals surface area contributed by atoms with Crippen LogP contribution < -0.4 is 15.8 Å². The van der Waals surface area contributed by atoms with Gasteiger partial charge >= 0.3 is 0 Å². The molecule has 20 heavy (non-hydrogen) atoms. The van der Waals surface area contributed by atoms with Crippen LogP contribution in [0.2, 0.25) is 0 Å². The summed E-state index contributed by atoms with van der Waals surface area (Å²) >= 11 is 0. The van der Waals surface area contributed by atoms with Crippen LogP contribution in [0, 0.1) is 0 Å². The zero-order chi connectivity index (χ0) is 13.9. The first-order chi connectivity index (χ1) is 9.76. The molecule has 0 spiro atoms. The molecule has 0 unspecified atom stereocenters. The van der Waals surface area contributed by atoms with Crippen LogP contribution in [0.15, 0.2) is 46.9 Å². The van der Waals surface area contributed by atoms with E-state index in [-0.39, 0.29) is 0 Å². The van der Waals surface area contributed by atoms with Gasteiger partial charge in [0.15, 0.2) is 5.58 Å². The minimum Gasteiger partial charge on any atom is -0.494 e. The number of anilines is 3. The number of nitrogens with zero attached hydrogens (tertiary/aromatic N) is 1. The van der Waals surface area contributed by atoms with E-state index in [1.807, 2.05) is 43.3 Å². The van der Waals surface area contributed by atoms with Gasteiger partial charge < -0.3 is 20.2 Å². The van der Waals surface area contributed by atoms with Crippen molar-refractivity contribution in [2.24, 2.45) is 0 Å². The predicted octanol–water partition coefficient (Wildman–Crippen LogP) is 3.55. The average Bonchev–Trinajstić information content (AvgIpc) is 2.83. The SMILES string of the molecule is CCOc1cccc(Nc2nc3c(N)cccc3o2)c1. The highest BCUT2D eigenvalue weighted by atomic mass is 16.5. The van der Waals surface area contributed by atoms with E-state index in [0.29, 0.717) is 29.4 Å². The highest BCUT2D eigenvalue weighted by Crippen LogP contribution is 2.26. The van der Waals surface area contributed by atoms with Crippen molar-refractivity contribution in [3.05, 3.63) is 42.5 Å². The third-order valence-corrected chi connectivity index (χ3v) is 2.85. The van der Waals surface area contributed by atoms with Crippen LogP contribution in [0.1, 0.15) is 6.92 Å². The van der Waals surface area contributed by atoms with Crippen LogP contribution >= 0.6 is 0 Å². The molecule has 0 saturated carbocycles. The Balaban J connectivity index is 1.89. The Morgan fingerprint density at radius 1 is 1.25 bits per heavy atom. The van der Waals surface area contributed by atoms with Crippen molar-refractivity contribution in [2.45, 2.75) is 6.92 Å². The Morgan fingerprint density at radius 3 is 2.90 bits per heavy atom. The minimum atomic E-state index is 0.409. The van der Waals surface area contributed by atoms with Crippen LogP contribution in [0.25, 0.3) is 11.1 Å². The predicted molar refractivity (Wildman–Crippen MR) is 79.3 cm³/mol. The highest BCUT2D eigenvalue weighted by molar-refractivity contribution is 5.86. The number of hydrogen-bond donors (Lipinski definition) is 2. The summed E-state index contributed by atoms with van der Waals surface area (Å²) in [6.07, 6.45) is 0. The molecule has 1 heterocycles. The van der Waals surface area contributed by atoms with E-state index >= 15 is 0 Å². The van der Waals surface area contributed by atoms with Crippen molar-refractivity contribution in [1.82, 2.24) is 4.98 Å². The molecule has 0 saturated heterocycles. The second-order valence-electron chi connectivity index (χ2n) is 4.30. The number of rotatable bonds is 4. The summed E-state index contributed by atoms with van der Waals surface area (Å²) in [5.41, 5.74) is 8.63. The lowest BCUT2D eigenvalue weighted by atomic mass is 10.3. The topological polar surface area (TPSA) is 73.3 Å². The summed E-state index contributed by atoms with van der Waals surface area (Å²) in [5, 5.41) is 3.11. The van der Waals surface area contributed by atoms with Gasteiger partial charge in [-0.1, -0.05) is 12.1 Å². The van der Waals surface area contributed by atoms with Crippen molar-refractivity contribution >= 4 is 28.5 Å². The fraction of sp³-hybridized carbons (Fsp3) is 0.133. The lowest BCUT2D eigenvalue weighted by molar-refractivity contribution is 0.340. The third kappa shape index (κ3) is 2.38. The number of nitrogen functional groups attached to an aromatic ring is 1. The number of ether oxygens (including phenoxy) is 1. The van der Waals surface area contributed by atoms with E-state index in [4.69, 9.17) is 14.9 Å². The van der Waals surface area contributed by atoms with Gasteiger partial charge in [0.1, 0.15) is 11.3 Å². The molecule has 3 aromatic rings. The molecule has 0 aliphatic rings. The first kappa shape index (κ1) is 12.3. The number of para-hydroxylation sites is 1. The van der Waals surface area contributed by atoms with Gasteiger partial charge in [0, 0.05) is 11.8 Å². The van der Waals surface area contributed by atoms with E-state index in [1.165, 1.54) is 0 Å². The fourth-order valence-electron chi connectivity index (χ4n) is 1.98. The second-order valence-corrected chi connectivity index (χ2v) is 4.30. The molecule has 2 aromatic carbocycles. The number of nitrogens with one attached hydrogen (secondary N) is 1. The van der Waals surface area contributed by atoms with Crippen molar-refractivity contribution in [3.8, 4) is 5.75 Å². The van der Waals surface area contributed by atoms with Crippen LogP contribution in [0.4, 0.5) is 17.4 Å². The summed E-state index contributed by atoms with van der Waals surface area (Å²) in [4.78, 5) is 4.34. The van der Waals surface area contributed by atoms with Crippen LogP contribution in [0.3, 0.4) is 0 Å². The maximum Gasteiger partial charge on any atom is 0.300 e. The van der Waals surface area contributed by atoms with Crippen LogP contribution in [-0.2, 0) is 0 Å². The van der Waals surface area contributed by atoms with Gasteiger partial charge in [-0.15, -0.1) is 0 Å². The molecule has 0 aliphatic heterocycles. The maximum atomic E-state index is 5.86. The quantitative estimate of drug-likeness (QED) is 0.708. The molecule has 0 amide bonds. The number of nitrogens with two attached hydrogens (primary N) is 1. The van der Waals surface area contributed by atoms with Crippen molar-refractivity contribution in [3.63, 3.8) is 0 Å². The molecular formula is C15H15N3O2. The van der Waals surface area contributed by atoms with Gasteiger partial charge in [0.2, 0.25) is 0 Å². The van der Waals surface area contributed by atoms with Crippen molar-refractivity contribution in [1.29, 1.82) is 0 Å². The molecule has 0 bridgehead atoms. The van der Waals surface area contributed by atoms with E-state index in [1.54, 1.807) is 6.07 Å². The van der Waals surface area contributed by atoms with E-state index in [9.17, 15) is 0 Å². The number of fused-ring (bicyclic) bond motifs is 1. The molecule has 5 nitrogen and oxygen atoms in total. The Morgan fingerprint density at radius 2 is 2.10 bits per heavy atom. The molecule has 0 atom stereocenters. The van der Waals surface area contributed by atoms with E-state index in [0.717, 1.165) is 11.4 Å². The second kappa shape index (κ2) is 5.13. The smallest absolute Gasteiger partial charge is 0.300 e. The standard InChI is InChI=1S/C15H15N3O2/c1-2-19-11-6-3-5-10(9-11)17-15-18-14-12(16)7-4-8-13(14)20-15/h3-9H,2,16H2,1H3,(H,17,18). The lowest BCUT2D eigenvalue weighted by Gasteiger charge is -2.05. The summed E-state index contributed by atoms with van der Waals surface area (Å²) in [7, 11) is 0. The minimum absolute atomic E-state index is 0.409. The molecule has 5 heteroatoms. The number of hydrogen-bond acceptors (Lipinski definition) is 5. The molecule has 3 rings (SSSR count). The summed E-state index contributed by atoms with van der Waals surface area (Å²) in [6.45, 7) is 2.58. The van der Waals surface area contributed by atoms with E-state index < -0.39 is 0 Å². The number of aromatic nitrogens is 1. The normalized spacial score (nSPS) is 10.7. The molecule has 102 valence electrons. The highest BCUT2D eigenvalue weighted by Gasteiger charge is 2.08. The first-order valence-electron chi connectivity index (χ1n) is 6.41. The largest absolute Gasteiger partial charge is 0.494 e. The van der Waals surface area contributed by atoms with Crippen molar-refractivity contribution < 1.29 is 9.15 Å². The summed E-state index contributed by atoms with van der Waals surface area (Å²) in [5.74, 6) is 0.799. The molecule has 0 aliphatic carbocycles. The van der Waals surface area contributed by atoms with Crippen LogP contribution in [0.5, 0.6) is 5.75 Å². The number of benzene rings is 2. The molecular weight excluding hydrogens is 254 g/mol. The Kier molecular flexibility index (Phi) is 3.16. The van der Waals surface area contributed by atoms with Gasteiger partial charge in [0.05, 0.1) is 12.3 Å². The van der Waals surface area contributed by atoms with Crippen LogP contribution in [-0.4, -0.2) is 11.6 Å². The van der Waals surface area contributed by atoms with Crippen molar-refractivity contribution in [2.75, 3.05) is 17.7 Å². The van der Waals surface area contributed by atoms with Gasteiger partial charge in [-0.05, 0) is 31.2 Å². The van der Waals surface area contributed by atoms with E-state index in [2.05, 4.69) is 10.3 Å². The molecule has 3 N–H and O–H groups in total. The summed E-state index contributed by atoms with van der Waals surface area (Å²) in [6, 6.07) is 13.5. The number of oxazole rings is 1. The molecule has 0 radical (unpaired) electrons. The third-order valence-electron chi connectivity index (χ3n) is 2.85. The Hall–Kier alpha value is -2.69. The fourth-order valence-corrected chi connectivity index (χ4v) is 1.98. The zero-order valence-electron chi connectivity index (χ0n) is 11.1.